The minimum atomic E-state index is -1.74. The van der Waals surface area contributed by atoms with Gasteiger partial charge < -0.3 is 41.9 Å². The van der Waals surface area contributed by atoms with Crippen LogP contribution in [0.1, 0.15) is 45.6 Å². The topological polar surface area (TPSA) is 230 Å². The van der Waals surface area contributed by atoms with Gasteiger partial charge in [-0.25, -0.2) is 19.2 Å². The van der Waals surface area contributed by atoms with Gasteiger partial charge >= 0.3 is 38.7 Å². The first-order chi connectivity index (χ1) is 21.2. The molecular formula is C28H27B2BrO12-. The summed E-state index contributed by atoms with van der Waals surface area (Å²) in [5, 5.41) is 65.5. The van der Waals surface area contributed by atoms with Gasteiger partial charge in [-0.05, 0) is 63.8 Å². The monoisotopic (exact) mass is 659 g/mol. The van der Waals surface area contributed by atoms with Gasteiger partial charge in [-0.3, -0.25) is 0 Å². The van der Waals surface area contributed by atoms with Gasteiger partial charge in [0.2, 0.25) is 0 Å². The molecule has 15 heteroatoms. The van der Waals surface area contributed by atoms with Crippen LogP contribution in [0.5, 0.6) is 0 Å². The molecule has 0 amide bonds. The number of carboxylic acids is 4. The summed E-state index contributed by atoms with van der Waals surface area (Å²) >= 11 is 3.12. The highest BCUT2D eigenvalue weighted by atomic mass is 79.9. The Labute approximate surface area is 259 Å². The van der Waals surface area contributed by atoms with Gasteiger partial charge in [0.25, 0.3) is 0 Å². The number of benzene rings is 4. The summed E-state index contributed by atoms with van der Waals surface area (Å²) in [6.45, 7) is 0. The van der Waals surface area contributed by atoms with Gasteiger partial charge in [-0.1, -0.05) is 66.7 Å². The van der Waals surface area contributed by atoms with Crippen LogP contribution in [0.2, 0.25) is 0 Å². The molecule has 4 aromatic rings. The molecule has 12 nitrogen and oxygen atoms in total. The van der Waals surface area contributed by atoms with Crippen LogP contribution in [0.15, 0.2) is 114 Å². The van der Waals surface area contributed by atoms with Crippen LogP contribution < -0.4 is 5.46 Å². The van der Waals surface area contributed by atoms with E-state index in [1.807, 2.05) is 0 Å². The zero-order valence-corrected chi connectivity index (χ0v) is 23.6. The molecule has 0 spiro atoms. The van der Waals surface area contributed by atoms with Crippen LogP contribution in [0.25, 0.3) is 0 Å². The van der Waals surface area contributed by atoms with E-state index in [0.717, 1.165) is 0 Å². The number of rotatable bonds is 5. The number of carbonyl (C=O) groups is 4. The predicted octanol–water partition coefficient (Wildman–Crippen LogP) is 2.60. The molecule has 4 rings (SSSR count). The second-order valence-electron chi connectivity index (χ2n) is 7.33. The quantitative estimate of drug-likeness (QED) is 0.145. The normalized spacial score (nSPS) is 9.51. The Bertz CT molecular complexity index is 1430. The van der Waals surface area contributed by atoms with E-state index >= 15 is 0 Å². The number of hydrogen-bond acceptors (Lipinski definition) is 8. The number of hydrogen-bond donors (Lipinski definition) is 8. The molecule has 43 heavy (non-hydrogen) atoms. The van der Waals surface area contributed by atoms with Gasteiger partial charge in [-0.2, -0.15) is 0 Å². The SMILES string of the molecule is O=C(O)c1ccccc1B(O)O.O=C(O)c1ccccc1Br.O[B]O.[2H-].[2H]c1ccccc1C(=O)O.[2H]c1ccccc1C(=O)O. The minimum Gasteiger partial charge on any atom is -1.00 e. The molecule has 8 N–H and O–H groups in total. The molecule has 4 aromatic carbocycles. The van der Waals surface area contributed by atoms with Crippen molar-refractivity contribution < 1.29 is 63.9 Å². The van der Waals surface area contributed by atoms with Gasteiger partial charge in [-0.15, -0.1) is 0 Å². The average molecular weight is 660 g/mol. The second-order valence-corrected chi connectivity index (χ2v) is 8.18. The Morgan fingerprint density at radius 2 is 0.977 bits per heavy atom. The zero-order chi connectivity index (χ0) is 34.5. The van der Waals surface area contributed by atoms with Gasteiger partial charge in [0.05, 0.1) is 25.0 Å². The number of carboxylic acid groups (broad SMARTS) is 4. The maximum absolute atomic E-state index is 10.5. The van der Waals surface area contributed by atoms with Gasteiger partial charge in [0.15, 0.2) is 0 Å². The van der Waals surface area contributed by atoms with Crippen LogP contribution >= 0.6 is 15.9 Å². The van der Waals surface area contributed by atoms with E-state index in [2.05, 4.69) is 15.9 Å². The van der Waals surface area contributed by atoms with Gasteiger partial charge in [0.1, 0.15) is 0 Å². The summed E-state index contributed by atoms with van der Waals surface area (Å²) in [7, 11) is -1.74. The molecule has 0 heterocycles. The largest absolute Gasteiger partial charge is 1.00 e. The number of halogens is 1. The van der Waals surface area contributed by atoms with Crippen LogP contribution in [0.3, 0.4) is 0 Å². The molecule has 0 aromatic heterocycles. The fourth-order valence-corrected chi connectivity index (χ4v) is 3.06. The summed E-state index contributed by atoms with van der Waals surface area (Å²) in [5.74, 6) is -4.18. The van der Waals surface area contributed by atoms with Crippen molar-refractivity contribution in [2.45, 2.75) is 0 Å². The third-order valence-electron chi connectivity index (χ3n) is 4.45. The molecular weight excluding hydrogens is 630 g/mol. The third kappa shape index (κ3) is 16.3. The highest BCUT2D eigenvalue weighted by molar-refractivity contribution is 9.10. The zero-order valence-electron chi connectivity index (χ0n) is 25.0. The van der Waals surface area contributed by atoms with Crippen molar-refractivity contribution in [3.63, 3.8) is 0 Å². The highest BCUT2D eigenvalue weighted by Gasteiger charge is 2.18. The number of aromatic carboxylic acids is 4. The van der Waals surface area contributed by atoms with Crippen LogP contribution in [0.4, 0.5) is 0 Å². The lowest BCUT2D eigenvalue weighted by atomic mass is 9.77. The molecule has 0 aliphatic rings. The maximum atomic E-state index is 10.5. The van der Waals surface area contributed by atoms with Crippen LogP contribution in [0, 0.1) is 0 Å². The highest BCUT2D eigenvalue weighted by Crippen LogP contribution is 2.14. The van der Waals surface area contributed by atoms with Crippen LogP contribution in [-0.2, 0) is 0 Å². The maximum Gasteiger partial charge on any atom is 0.489 e. The van der Waals surface area contributed by atoms with Crippen molar-refractivity contribution in [1.82, 2.24) is 0 Å². The van der Waals surface area contributed by atoms with E-state index in [9.17, 15) is 19.2 Å². The lowest BCUT2D eigenvalue weighted by Gasteiger charge is -2.02. The molecule has 0 aliphatic carbocycles. The van der Waals surface area contributed by atoms with Crippen molar-refractivity contribution in [2.75, 3.05) is 0 Å². The van der Waals surface area contributed by atoms with Crippen molar-refractivity contribution >= 4 is 60.1 Å². The van der Waals surface area contributed by atoms with E-state index in [4.69, 9.17) is 43.3 Å². The summed E-state index contributed by atoms with van der Waals surface area (Å²) in [5.41, 5.74) is 0.296. The van der Waals surface area contributed by atoms with E-state index < -0.39 is 31.0 Å². The lowest BCUT2D eigenvalue weighted by Crippen LogP contribution is -2.34. The fraction of sp³-hybridized carbons (Fsp3) is 0. The molecule has 0 unspecified atom stereocenters. The summed E-state index contributed by atoms with van der Waals surface area (Å²) < 4.78 is 14.9. The van der Waals surface area contributed by atoms with E-state index in [-0.39, 0.29) is 43.3 Å². The van der Waals surface area contributed by atoms with E-state index in [1.54, 1.807) is 54.6 Å². The summed E-state index contributed by atoms with van der Waals surface area (Å²) in [4.78, 5) is 41.5. The van der Waals surface area contributed by atoms with Crippen molar-refractivity contribution in [3.8, 4) is 0 Å². The van der Waals surface area contributed by atoms with E-state index in [1.165, 1.54) is 42.5 Å². The molecule has 0 saturated carbocycles. The first-order valence-corrected chi connectivity index (χ1v) is 12.3. The predicted molar refractivity (Wildman–Crippen MR) is 162 cm³/mol. The molecule has 0 saturated heterocycles. The minimum absolute atomic E-state index is 0. The molecule has 0 bridgehead atoms. The Hall–Kier alpha value is -4.79. The Morgan fingerprint density at radius 1 is 0.605 bits per heavy atom. The second kappa shape index (κ2) is 21.9. The average Bonchev–Trinajstić information content (AvgIpc) is 2.99. The summed E-state index contributed by atoms with van der Waals surface area (Å²) in [6.07, 6.45) is 0. The third-order valence-corrected chi connectivity index (χ3v) is 5.14. The Kier molecular flexibility index (Phi) is 17.5. The fourth-order valence-electron chi connectivity index (χ4n) is 2.60. The van der Waals surface area contributed by atoms with Crippen molar-refractivity contribution in [3.05, 3.63) is 136 Å². The van der Waals surface area contributed by atoms with Gasteiger partial charge in [0, 0.05) is 4.47 Å². The first kappa shape index (κ1) is 34.4. The Morgan fingerprint density at radius 3 is 1.26 bits per heavy atom. The first-order valence-electron chi connectivity index (χ1n) is 12.5. The van der Waals surface area contributed by atoms with E-state index in [0.29, 0.717) is 10.0 Å². The molecule has 0 aliphatic heterocycles. The smallest absolute Gasteiger partial charge is 0.489 e. The lowest BCUT2D eigenvalue weighted by molar-refractivity contribution is 0.0685. The van der Waals surface area contributed by atoms with Crippen molar-refractivity contribution in [1.29, 1.82) is 0 Å². The molecule has 225 valence electrons. The molecule has 0 atom stereocenters. The Balaban J connectivity index is 0. The van der Waals surface area contributed by atoms with Crippen molar-refractivity contribution in [2.24, 2.45) is 0 Å². The molecule has 1 radical (unpaired) electrons. The van der Waals surface area contributed by atoms with Crippen LogP contribution in [-0.4, -0.2) is 79.2 Å². The standard InChI is InChI=1S/C7H7BO4.C7H5BrO2.2C7H6O2.BH2O2.H/c9-7(10)5-3-1-2-4-6(5)8(11)12;8-6-4-2-1-3-5(6)7(9)10;2*8-7(9)6-4-2-1-3-5-6;2-1-3;/h1-4,11-12H,(H,9,10);1-4H,(H,9,10);2*1-5H,(H,8,9);2-3H;/q;;;;;-1/i;;2*4D;;1+1. The molecule has 0 fully saturated rings. The summed E-state index contributed by atoms with van der Waals surface area (Å²) in [6, 6.07) is 24.7.